The minimum absolute atomic E-state index is 0.194. The van der Waals surface area contributed by atoms with Crippen molar-refractivity contribution in [3.05, 3.63) is 59.4 Å². The third-order valence-electron chi connectivity index (χ3n) is 3.56. The molecule has 0 amide bonds. The van der Waals surface area contributed by atoms with E-state index >= 15 is 0 Å². The number of rotatable bonds is 5. The van der Waals surface area contributed by atoms with E-state index < -0.39 is 31.7 Å². The Morgan fingerprint density at radius 1 is 1.18 bits per heavy atom. The maximum atomic E-state index is 13.0. The van der Waals surface area contributed by atoms with Gasteiger partial charge in [-0.05, 0) is 42.1 Å². The van der Waals surface area contributed by atoms with Crippen LogP contribution in [0, 0.1) is 0 Å². The van der Waals surface area contributed by atoms with Gasteiger partial charge < -0.3 is 4.57 Å². The van der Waals surface area contributed by atoms with Crippen LogP contribution in [0.1, 0.15) is 5.56 Å². The van der Waals surface area contributed by atoms with Crippen LogP contribution in [0.25, 0.3) is 0 Å². The minimum Gasteiger partial charge on any atom is -0.311 e. The standard InChI is InChI=1S/C16H12ClF3N4O2S2/c1-24-9-21-22-15(24)27-14-5-3-2-4-13(14)23-28(25,26)10-6-7-12(17)11(8-10)16(18,19)20/h2-9,23H,1H3. The van der Waals surface area contributed by atoms with Crippen molar-refractivity contribution in [3.63, 3.8) is 0 Å². The summed E-state index contributed by atoms with van der Waals surface area (Å²) in [7, 11) is -2.57. The second kappa shape index (κ2) is 7.64. The molecule has 6 nitrogen and oxygen atoms in total. The lowest BCUT2D eigenvalue weighted by molar-refractivity contribution is -0.137. The van der Waals surface area contributed by atoms with Crippen molar-refractivity contribution in [3.8, 4) is 0 Å². The van der Waals surface area contributed by atoms with Crippen LogP contribution in [0.4, 0.5) is 18.9 Å². The topological polar surface area (TPSA) is 76.9 Å². The fourth-order valence-corrected chi connectivity index (χ4v) is 4.44. The predicted octanol–water partition coefficient (Wildman–Crippen LogP) is 4.44. The Labute approximate surface area is 167 Å². The molecule has 1 N–H and O–H groups in total. The van der Waals surface area contributed by atoms with Crippen molar-refractivity contribution >= 4 is 39.1 Å². The summed E-state index contributed by atoms with van der Waals surface area (Å²) in [4.78, 5) is -0.0464. The number of alkyl halides is 3. The van der Waals surface area contributed by atoms with Crippen molar-refractivity contribution in [2.45, 2.75) is 21.1 Å². The van der Waals surface area contributed by atoms with E-state index in [1.165, 1.54) is 12.4 Å². The van der Waals surface area contributed by atoms with Crippen LogP contribution < -0.4 is 4.72 Å². The highest BCUT2D eigenvalue weighted by Crippen LogP contribution is 2.37. The number of benzene rings is 2. The van der Waals surface area contributed by atoms with Crippen LogP contribution in [-0.4, -0.2) is 23.2 Å². The molecule has 0 fully saturated rings. The molecule has 0 aliphatic heterocycles. The Morgan fingerprint density at radius 3 is 2.54 bits per heavy atom. The van der Waals surface area contributed by atoms with Crippen molar-refractivity contribution in [2.24, 2.45) is 7.05 Å². The molecule has 3 aromatic rings. The lowest BCUT2D eigenvalue weighted by Crippen LogP contribution is -2.15. The van der Waals surface area contributed by atoms with E-state index in [-0.39, 0.29) is 5.69 Å². The number of para-hydroxylation sites is 1. The van der Waals surface area contributed by atoms with Crippen LogP contribution in [0.15, 0.2) is 63.7 Å². The lowest BCUT2D eigenvalue weighted by atomic mass is 10.2. The number of aromatic nitrogens is 3. The molecule has 28 heavy (non-hydrogen) atoms. The van der Waals surface area contributed by atoms with Gasteiger partial charge >= 0.3 is 6.18 Å². The van der Waals surface area contributed by atoms with Gasteiger partial charge in [0.25, 0.3) is 10.0 Å². The van der Waals surface area contributed by atoms with Crippen LogP contribution in [0.2, 0.25) is 5.02 Å². The first-order valence-corrected chi connectivity index (χ1v) is 10.3. The van der Waals surface area contributed by atoms with Crippen LogP contribution in [0.3, 0.4) is 0 Å². The molecule has 0 aliphatic carbocycles. The summed E-state index contributed by atoms with van der Waals surface area (Å²) in [6.07, 6.45) is -3.29. The predicted molar refractivity (Wildman–Crippen MR) is 98.8 cm³/mol. The number of sulfonamides is 1. The van der Waals surface area contributed by atoms with E-state index in [9.17, 15) is 21.6 Å². The quantitative estimate of drug-likeness (QED) is 0.624. The molecule has 1 aromatic heterocycles. The number of aryl methyl sites for hydroxylation is 1. The monoisotopic (exact) mass is 448 g/mol. The highest BCUT2D eigenvalue weighted by Gasteiger charge is 2.34. The zero-order valence-corrected chi connectivity index (χ0v) is 16.5. The highest BCUT2D eigenvalue weighted by atomic mass is 35.5. The van der Waals surface area contributed by atoms with E-state index in [0.29, 0.717) is 16.1 Å². The summed E-state index contributed by atoms with van der Waals surface area (Å²) >= 11 is 6.71. The fraction of sp³-hybridized carbons (Fsp3) is 0.125. The molecule has 12 heteroatoms. The summed E-state index contributed by atoms with van der Waals surface area (Å²) in [5.74, 6) is 0. The van der Waals surface area contributed by atoms with E-state index in [1.807, 2.05) is 0 Å². The second-order valence-corrected chi connectivity index (χ2v) is 8.67. The Bertz CT molecular complexity index is 1120. The Balaban J connectivity index is 1.95. The summed E-state index contributed by atoms with van der Waals surface area (Å²) in [5, 5.41) is 7.59. The fourth-order valence-electron chi connectivity index (χ4n) is 2.20. The average Bonchev–Trinajstić information content (AvgIpc) is 3.00. The van der Waals surface area contributed by atoms with Gasteiger partial charge in [-0.25, -0.2) is 8.42 Å². The summed E-state index contributed by atoms with van der Waals surface area (Å²) in [5.41, 5.74) is -1.03. The van der Waals surface area contributed by atoms with Gasteiger partial charge in [0.1, 0.15) is 6.33 Å². The van der Waals surface area contributed by atoms with E-state index in [1.54, 1.807) is 29.8 Å². The smallest absolute Gasteiger partial charge is 0.311 e. The molecule has 1 heterocycles. The average molecular weight is 449 g/mol. The van der Waals surface area contributed by atoms with Crippen molar-refractivity contribution < 1.29 is 21.6 Å². The Hall–Kier alpha value is -2.24. The molecular formula is C16H12ClF3N4O2S2. The molecule has 0 saturated carbocycles. The molecule has 3 rings (SSSR count). The molecule has 0 bridgehead atoms. The van der Waals surface area contributed by atoms with Gasteiger partial charge in [0.05, 0.1) is 21.2 Å². The van der Waals surface area contributed by atoms with Crippen LogP contribution in [0.5, 0.6) is 0 Å². The maximum Gasteiger partial charge on any atom is 0.417 e. The Kier molecular flexibility index (Phi) is 5.60. The van der Waals surface area contributed by atoms with Crippen LogP contribution >= 0.6 is 23.4 Å². The van der Waals surface area contributed by atoms with Crippen LogP contribution in [-0.2, 0) is 23.2 Å². The van der Waals surface area contributed by atoms with Crippen molar-refractivity contribution in [1.29, 1.82) is 0 Å². The van der Waals surface area contributed by atoms with E-state index in [0.717, 1.165) is 23.9 Å². The van der Waals surface area contributed by atoms with Gasteiger partial charge in [-0.2, -0.15) is 13.2 Å². The first-order chi connectivity index (χ1) is 13.1. The van der Waals surface area contributed by atoms with Gasteiger partial charge in [0.15, 0.2) is 5.16 Å². The molecule has 0 atom stereocenters. The van der Waals surface area contributed by atoms with Crippen molar-refractivity contribution in [2.75, 3.05) is 4.72 Å². The summed E-state index contributed by atoms with van der Waals surface area (Å²) in [6, 6.07) is 8.86. The second-order valence-electron chi connectivity index (χ2n) is 5.57. The molecule has 0 spiro atoms. The number of anilines is 1. The SMILES string of the molecule is Cn1cnnc1Sc1ccccc1NS(=O)(=O)c1ccc(Cl)c(C(F)(F)F)c1. The lowest BCUT2D eigenvalue weighted by Gasteiger charge is -2.14. The Morgan fingerprint density at radius 2 is 1.89 bits per heavy atom. The molecule has 0 aliphatic rings. The molecule has 0 saturated heterocycles. The third-order valence-corrected chi connectivity index (χ3v) is 6.38. The molecular weight excluding hydrogens is 437 g/mol. The minimum atomic E-state index is -4.78. The molecule has 2 aromatic carbocycles. The number of nitrogens with zero attached hydrogens (tertiary/aromatic N) is 3. The highest BCUT2D eigenvalue weighted by molar-refractivity contribution is 7.99. The van der Waals surface area contributed by atoms with Crippen molar-refractivity contribution in [1.82, 2.24) is 14.8 Å². The number of nitrogens with one attached hydrogen (secondary N) is 1. The van der Waals surface area contributed by atoms with E-state index in [4.69, 9.17) is 11.6 Å². The first kappa shape index (κ1) is 20.5. The van der Waals surface area contributed by atoms with Gasteiger partial charge in [-0.3, -0.25) is 4.72 Å². The van der Waals surface area contributed by atoms with Gasteiger partial charge in [-0.15, -0.1) is 10.2 Å². The van der Waals surface area contributed by atoms with E-state index in [2.05, 4.69) is 14.9 Å². The number of hydrogen-bond acceptors (Lipinski definition) is 5. The maximum absolute atomic E-state index is 13.0. The summed E-state index contributed by atoms with van der Waals surface area (Å²) < 4.78 is 68.4. The zero-order valence-electron chi connectivity index (χ0n) is 14.1. The van der Waals surface area contributed by atoms with Gasteiger partial charge in [0, 0.05) is 11.9 Å². The summed E-state index contributed by atoms with van der Waals surface area (Å²) in [6.45, 7) is 0. The number of halogens is 4. The molecule has 0 unspecified atom stereocenters. The largest absolute Gasteiger partial charge is 0.417 e. The first-order valence-electron chi connectivity index (χ1n) is 7.58. The normalized spacial score (nSPS) is 12.2. The third kappa shape index (κ3) is 4.42. The number of hydrogen-bond donors (Lipinski definition) is 1. The molecule has 148 valence electrons. The van der Waals surface area contributed by atoms with Gasteiger partial charge in [-0.1, -0.05) is 23.7 Å². The zero-order chi connectivity index (χ0) is 20.5. The molecule has 0 radical (unpaired) electrons. The van der Waals surface area contributed by atoms with Gasteiger partial charge in [0.2, 0.25) is 0 Å².